The fraction of sp³-hybridized carbons (Fsp3) is 0. The standard InChI is InChI=1S/C7H5BN6/c8-14-3-1-10-2-11-4(3)5-6(14)13-7(9)12-5/h1-2H,(H3,9,12,13). The number of nitrogens with one attached hydrogen (secondary N) is 1. The lowest BCUT2D eigenvalue weighted by Gasteiger charge is -1.93. The van der Waals surface area contributed by atoms with Crippen molar-refractivity contribution in [3.63, 3.8) is 0 Å². The van der Waals surface area contributed by atoms with Crippen LogP contribution in [0.15, 0.2) is 12.5 Å². The van der Waals surface area contributed by atoms with E-state index in [-0.39, 0.29) is 0 Å². The molecule has 0 aliphatic carbocycles. The Morgan fingerprint density at radius 2 is 2.36 bits per heavy atom. The molecule has 66 valence electrons. The van der Waals surface area contributed by atoms with E-state index in [9.17, 15) is 0 Å². The maximum atomic E-state index is 5.79. The van der Waals surface area contributed by atoms with Gasteiger partial charge in [0.25, 0.3) is 0 Å². The molecule has 0 saturated carbocycles. The smallest absolute Gasteiger partial charge is 0.237 e. The number of rotatable bonds is 0. The Hall–Kier alpha value is -2.05. The van der Waals surface area contributed by atoms with Crippen LogP contribution in [0.25, 0.3) is 22.2 Å². The molecular formula is C7H5BN6. The van der Waals surface area contributed by atoms with E-state index < -0.39 is 0 Å². The van der Waals surface area contributed by atoms with Gasteiger partial charge in [-0.1, -0.05) is 0 Å². The summed E-state index contributed by atoms with van der Waals surface area (Å²) in [6.45, 7) is 0. The molecule has 7 heteroatoms. The van der Waals surface area contributed by atoms with Crippen LogP contribution in [0, 0.1) is 0 Å². The summed E-state index contributed by atoms with van der Waals surface area (Å²) in [5, 5.41) is 0. The van der Waals surface area contributed by atoms with Gasteiger partial charge in [0.1, 0.15) is 23.0 Å². The monoisotopic (exact) mass is 184 g/mol. The van der Waals surface area contributed by atoms with Gasteiger partial charge in [0.2, 0.25) is 7.98 Å². The number of imidazole rings is 1. The summed E-state index contributed by atoms with van der Waals surface area (Å²) >= 11 is 0. The molecule has 3 rings (SSSR count). The van der Waals surface area contributed by atoms with Crippen molar-refractivity contribution in [2.75, 3.05) is 5.73 Å². The Bertz CT molecular complexity index is 623. The summed E-state index contributed by atoms with van der Waals surface area (Å²) in [7, 11) is 5.79. The van der Waals surface area contributed by atoms with Crippen LogP contribution in [0.5, 0.6) is 0 Å². The Balaban J connectivity index is 2.65. The first kappa shape index (κ1) is 7.37. The molecule has 0 aliphatic heterocycles. The molecule has 2 radical (unpaired) electrons. The highest BCUT2D eigenvalue weighted by Gasteiger charge is 2.11. The molecule has 3 aromatic rings. The zero-order valence-electron chi connectivity index (χ0n) is 7.10. The second-order valence-corrected chi connectivity index (χ2v) is 2.95. The van der Waals surface area contributed by atoms with Gasteiger partial charge in [0.05, 0.1) is 11.7 Å². The van der Waals surface area contributed by atoms with Gasteiger partial charge >= 0.3 is 0 Å². The number of hydrogen-bond acceptors (Lipinski definition) is 4. The lowest BCUT2D eigenvalue weighted by molar-refractivity contribution is 1.19. The average molecular weight is 184 g/mol. The molecule has 0 saturated heterocycles. The van der Waals surface area contributed by atoms with Crippen LogP contribution < -0.4 is 5.73 Å². The van der Waals surface area contributed by atoms with Gasteiger partial charge in [-0.25, -0.2) is 9.97 Å². The molecule has 0 aliphatic rings. The molecule has 0 unspecified atom stereocenters. The molecule has 0 aromatic carbocycles. The zero-order valence-corrected chi connectivity index (χ0v) is 7.10. The number of anilines is 1. The average Bonchev–Trinajstić information content (AvgIpc) is 2.68. The predicted octanol–water partition coefficient (Wildman–Crippen LogP) is -0.179. The maximum Gasteiger partial charge on any atom is 0.237 e. The summed E-state index contributed by atoms with van der Waals surface area (Å²) in [4.78, 5) is 14.9. The highest BCUT2D eigenvalue weighted by molar-refractivity contribution is 6.19. The molecule has 3 aromatic heterocycles. The van der Waals surface area contributed by atoms with E-state index in [1.165, 1.54) is 10.8 Å². The van der Waals surface area contributed by atoms with Crippen molar-refractivity contribution >= 4 is 36.1 Å². The quantitative estimate of drug-likeness (QED) is 0.474. The highest BCUT2D eigenvalue weighted by Crippen LogP contribution is 2.23. The fourth-order valence-corrected chi connectivity index (χ4v) is 1.53. The van der Waals surface area contributed by atoms with E-state index in [4.69, 9.17) is 13.7 Å². The Morgan fingerprint density at radius 1 is 1.50 bits per heavy atom. The third-order valence-corrected chi connectivity index (χ3v) is 2.12. The van der Waals surface area contributed by atoms with Crippen molar-refractivity contribution in [2.24, 2.45) is 0 Å². The second kappa shape index (κ2) is 2.25. The van der Waals surface area contributed by atoms with Crippen LogP contribution in [-0.2, 0) is 0 Å². The molecule has 3 N–H and O–H groups in total. The fourth-order valence-electron chi connectivity index (χ4n) is 1.53. The number of H-pyrrole nitrogens is 1. The van der Waals surface area contributed by atoms with Crippen LogP contribution in [0.1, 0.15) is 0 Å². The zero-order chi connectivity index (χ0) is 9.71. The summed E-state index contributed by atoms with van der Waals surface area (Å²) in [6.07, 6.45) is 3.09. The third-order valence-electron chi connectivity index (χ3n) is 2.12. The lowest BCUT2D eigenvalue weighted by Crippen LogP contribution is -1.93. The van der Waals surface area contributed by atoms with Crippen molar-refractivity contribution < 1.29 is 0 Å². The van der Waals surface area contributed by atoms with Crippen molar-refractivity contribution in [3.8, 4) is 0 Å². The number of hydrogen-bond donors (Lipinski definition) is 2. The van der Waals surface area contributed by atoms with Gasteiger partial charge in [-0.3, -0.25) is 0 Å². The molecule has 0 atom stereocenters. The molecule has 14 heavy (non-hydrogen) atoms. The first-order valence-corrected chi connectivity index (χ1v) is 3.98. The van der Waals surface area contributed by atoms with Gasteiger partial charge in [-0.05, 0) is 0 Å². The van der Waals surface area contributed by atoms with E-state index in [1.807, 2.05) is 0 Å². The van der Waals surface area contributed by atoms with Crippen molar-refractivity contribution in [3.05, 3.63) is 12.5 Å². The number of nitrogens with zero attached hydrogens (tertiary/aromatic N) is 4. The van der Waals surface area contributed by atoms with Gasteiger partial charge < -0.3 is 15.2 Å². The van der Waals surface area contributed by atoms with Crippen molar-refractivity contribution in [2.45, 2.75) is 0 Å². The normalized spacial score (nSPS) is 11.4. The number of nitrogens with two attached hydrogens (primary N) is 1. The summed E-state index contributed by atoms with van der Waals surface area (Å²) in [5.41, 5.74) is 8.28. The van der Waals surface area contributed by atoms with Crippen LogP contribution in [0.3, 0.4) is 0 Å². The molecule has 0 amide bonds. The number of fused-ring (bicyclic) bond motifs is 3. The van der Waals surface area contributed by atoms with E-state index in [2.05, 4.69) is 19.9 Å². The minimum absolute atomic E-state index is 0.328. The second-order valence-electron chi connectivity index (χ2n) is 2.95. The van der Waals surface area contributed by atoms with Gasteiger partial charge in [0.15, 0.2) is 5.95 Å². The molecule has 3 heterocycles. The number of aromatic nitrogens is 5. The van der Waals surface area contributed by atoms with Crippen molar-refractivity contribution in [1.29, 1.82) is 0 Å². The molecule has 0 fully saturated rings. The van der Waals surface area contributed by atoms with Gasteiger partial charge in [-0.15, -0.1) is 0 Å². The number of aromatic amines is 1. The lowest BCUT2D eigenvalue weighted by atomic mass is 10.4. The Morgan fingerprint density at radius 3 is 3.21 bits per heavy atom. The molecule has 0 bridgehead atoms. The summed E-state index contributed by atoms with van der Waals surface area (Å²) in [5.74, 6) is 0.328. The van der Waals surface area contributed by atoms with Crippen LogP contribution in [0.4, 0.5) is 5.95 Å². The largest absolute Gasteiger partial charge is 0.378 e. The topological polar surface area (TPSA) is 85.4 Å². The van der Waals surface area contributed by atoms with Crippen LogP contribution >= 0.6 is 0 Å². The first-order chi connectivity index (χ1) is 6.77. The summed E-state index contributed by atoms with van der Waals surface area (Å²) in [6, 6.07) is 0. The molecular weight excluding hydrogens is 179 g/mol. The Kier molecular flexibility index (Phi) is 1.19. The molecule has 6 nitrogen and oxygen atoms in total. The Labute approximate surface area is 79.6 Å². The minimum Gasteiger partial charge on any atom is -0.378 e. The summed E-state index contributed by atoms with van der Waals surface area (Å²) < 4.78 is 1.41. The predicted molar refractivity (Wildman–Crippen MR) is 52.7 cm³/mol. The molecule has 0 spiro atoms. The maximum absolute atomic E-state index is 5.79. The van der Waals surface area contributed by atoms with E-state index in [0.717, 1.165) is 16.6 Å². The van der Waals surface area contributed by atoms with Gasteiger partial charge in [0, 0.05) is 0 Å². The highest BCUT2D eigenvalue weighted by atomic mass is 15.1. The van der Waals surface area contributed by atoms with Crippen LogP contribution in [-0.4, -0.2) is 32.4 Å². The van der Waals surface area contributed by atoms with E-state index in [1.54, 1.807) is 6.20 Å². The SMILES string of the molecule is [B]n1c2cncnc2c2[nH]c(N)nc21. The van der Waals surface area contributed by atoms with Crippen molar-refractivity contribution in [1.82, 2.24) is 24.4 Å². The van der Waals surface area contributed by atoms with Crippen LogP contribution in [0.2, 0.25) is 0 Å². The van der Waals surface area contributed by atoms with E-state index >= 15 is 0 Å². The van der Waals surface area contributed by atoms with Gasteiger partial charge in [-0.2, -0.15) is 4.98 Å². The number of nitrogen functional groups attached to an aromatic ring is 1. The minimum atomic E-state index is 0.328. The third kappa shape index (κ3) is 0.735. The first-order valence-electron chi connectivity index (χ1n) is 3.98. The van der Waals surface area contributed by atoms with E-state index in [0.29, 0.717) is 11.6 Å².